The lowest BCUT2D eigenvalue weighted by atomic mass is 10.0. The normalized spacial score (nSPS) is 15.1. The molecule has 0 radical (unpaired) electrons. The maximum Gasteiger partial charge on any atom is 0.268 e. The number of nitrogens with one attached hydrogen (secondary N) is 1. The molecule has 2 aromatic carbocycles. The highest BCUT2D eigenvalue weighted by atomic mass is 32.2. The van der Waals surface area contributed by atoms with E-state index in [4.69, 9.17) is 9.47 Å². The van der Waals surface area contributed by atoms with Gasteiger partial charge in [0.2, 0.25) is 5.91 Å². The Bertz CT molecular complexity index is 1350. The summed E-state index contributed by atoms with van der Waals surface area (Å²) in [5.41, 5.74) is 2.36. The molecule has 10 heteroatoms. The van der Waals surface area contributed by atoms with Crippen molar-refractivity contribution in [2.45, 2.75) is 44.6 Å². The Morgan fingerprint density at radius 2 is 1.81 bits per heavy atom. The van der Waals surface area contributed by atoms with Crippen molar-refractivity contribution >= 4 is 21.6 Å². The van der Waals surface area contributed by atoms with Crippen molar-refractivity contribution in [2.75, 3.05) is 24.0 Å². The molecule has 9 nitrogen and oxygen atoms in total. The van der Waals surface area contributed by atoms with Gasteiger partial charge in [0.15, 0.2) is 11.5 Å². The van der Waals surface area contributed by atoms with Crippen LogP contribution in [-0.2, 0) is 21.9 Å². The Kier molecular flexibility index (Phi) is 7.26. The van der Waals surface area contributed by atoms with Gasteiger partial charge in [-0.15, -0.1) is 0 Å². The second kappa shape index (κ2) is 10.2. The lowest BCUT2D eigenvalue weighted by Gasteiger charge is -2.27. The van der Waals surface area contributed by atoms with Crippen LogP contribution in [0.15, 0.2) is 53.4 Å². The van der Waals surface area contributed by atoms with E-state index < -0.39 is 15.9 Å². The number of fused-ring (bicyclic) bond motifs is 1. The second-order valence-corrected chi connectivity index (χ2v) is 11.0. The van der Waals surface area contributed by atoms with Crippen LogP contribution in [0.25, 0.3) is 0 Å². The van der Waals surface area contributed by atoms with E-state index in [1.807, 2.05) is 30.3 Å². The highest BCUT2D eigenvalue weighted by molar-refractivity contribution is 7.93. The molecule has 36 heavy (non-hydrogen) atoms. The fraction of sp³-hybridized carbons (Fsp3) is 0.385. The number of ether oxygens (including phenoxy) is 2. The number of rotatable bonds is 8. The Morgan fingerprint density at radius 3 is 2.42 bits per heavy atom. The first kappa shape index (κ1) is 25.6. The minimum atomic E-state index is -4.07. The summed E-state index contributed by atoms with van der Waals surface area (Å²) >= 11 is 0. The minimum Gasteiger partial charge on any atom is -0.486 e. The molecule has 1 aliphatic heterocycles. The van der Waals surface area contributed by atoms with Crippen LogP contribution in [0.3, 0.4) is 0 Å². The molecule has 192 valence electrons. The first-order valence-corrected chi connectivity index (χ1v) is 13.3. The van der Waals surface area contributed by atoms with Gasteiger partial charge in [0.05, 0.1) is 23.6 Å². The van der Waals surface area contributed by atoms with Crippen LogP contribution < -0.4 is 19.1 Å². The van der Waals surface area contributed by atoms with Gasteiger partial charge in [0.25, 0.3) is 10.0 Å². The summed E-state index contributed by atoms with van der Waals surface area (Å²) in [5.74, 6) is 1.11. The van der Waals surface area contributed by atoms with Crippen molar-refractivity contribution < 1.29 is 22.7 Å². The smallest absolute Gasteiger partial charge is 0.268 e. The predicted octanol–water partition coefficient (Wildman–Crippen LogP) is 3.31. The zero-order valence-electron chi connectivity index (χ0n) is 21.2. The zero-order valence-corrected chi connectivity index (χ0v) is 22.0. The summed E-state index contributed by atoms with van der Waals surface area (Å²) in [6, 6.07) is 14.6. The van der Waals surface area contributed by atoms with Crippen LogP contribution in [0.5, 0.6) is 11.5 Å². The Labute approximate surface area is 212 Å². The van der Waals surface area contributed by atoms with Gasteiger partial charge >= 0.3 is 0 Å². The minimum absolute atomic E-state index is 0.103. The highest BCUT2D eigenvalue weighted by Crippen LogP contribution is 2.31. The highest BCUT2D eigenvalue weighted by Gasteiger charge is 2.33. The Hall–Kier alpha value is -3.53. The molecule has 1 atom stereocenters. The summed E-state index contributed by atoms with van der Waals surface area (Å²) in [5, 5.41) is 7.07. The number of amides is 1. The largest absolute Gasteiger partial charge is 0.486 e. The quantitative estimate of drug-likeness (QED) is 0.497. The molecule has 2 heterocycles. The van der Waals surface area contributed by atoms with Crippen molar-refractivity contribution in [1.82, 2.24) is 15.1 Å². The zero-order chi connectivity index (χ0) is 26.0. The third kappa shape index (κ3) is 5.18. The van der Waals surface area contributed by atoms with Crippen molar-refractivity contribution in [3.63, 3.8) is 0 Å². The molecule has 4 rings (SSSR count). The van der Waals surface area contributed by atoms with Crippen LogP contribution >= 0.6 is 0 Å². The van der Waals surface area contributed by atoms with E-state index in [9.17, 15) is 13.2 Å². The summed E-state index contributed by atoms with van der Waals surface area (Å²) < 4.78 is 41.9. The van der Waals surface area contributed by atoms with E-state index in [0.717, 1.165) is 9.87 Å². The third-order valence-electron chi connectivity index (χ3n) is 6.22. The lowest BCUT2D eigenvalue weighted by Crippen LogP contribution is -2.45. The number of nitrogens with zero attached hydrogens (tertiary/aromatic N) is 3. The molecule has 0 fully saturated rings. The van der Waals surface area contributed by atoms with Crippen molar-refractivity contribution in [2.24, 2.45) is 7.05 Å². The summed E-state index contributed by atoms with van der Waals surface area (Å²) in [4.78, 5) is 13.1. The molecule has 1 N–H and O–H groups in total. The summed E-state index contributed by atoms with van der Waals surface area (Å²) in [6.45, 7) is 7.55. The first-order chi connectivity index (χ1) is 17.1. The number of carbonyl (C=O) groups excluding carboxylic acids is 1. The molecular formula is C26H32N4O5S. The average Bonchev–Trinajstić information content (AvgIpc) is 3.12. The van der Waals surface area contributed by atoms with Gasteiger partial charge in [-0.25, -0.2) is 8.42 Å². The number of aryl methyl sites for hydroxylation is 2. The lowest BCUT2D eigenvalue weighted by molar-refractivity contribution is -0.120. The molecule has 1 amide bonds. The van der Waals surface area contributed by atoms with Crippen molar-refractivity contribution in [3.05, 3.63) is 65.5 Å². The number of sulfonamides is 1. The SMILES string of the molecule is Cc1nn(C)c(C)c1S(=O)(=O)N(CC(=O)NCC1COc2ccccc2O1)c1ccc(C(C)C)cc1. The van der Waals surface area contributed by atoms with Gasteiger partial charge in [-0.05, 0) is 49.6 Å². The molecule has 0 spiro atoms. The van der Waals surface area contributed by atoms with Gasteiger partial charge < -0.3 is 14.8 Å². The predicted molar refractivity (Wildman–Crippen MR) is 137 cm³/mol. The maximum absolute atomic E-state index is 13.8. The standard InChI is InChI=1S/C26H32N4O5S/c1-17(2)20-10-12-21(13-11-20)30(36(32,33)26-18(3)28-29(5)19(26)4)15-25(31)27-14-22-16-34-23-8-6-7-9-24(23)35-22/h6-13,17,22H,14-16H2,1-5H3,(H,27,31). The third-order valence-corrected chi connectivity index (χ3v) is 8.25. The van der Waals surface area contributed by atoms with Gasteiger partial charge in [-0.3, -0.25) is 13.8 Å². The summed E-state index contributed by atoms with van der Waals surface area (Å²) in [7, 11) is -2.38. The molecule has 1 unspecified atom stereocenters. The van der Waals surface area contributed by atoms with E-state index >= 15 is 0 Å². The van der Waals surface area contributed by atoms with Gasteiger partial charge in [0.1, 0.15) is 24.2 Å². The van der Waals surface area contributed by atoms with Crippen LogP contribution in [0, 0.1) is 13.8 Å². The van der Waals surface area contributed by atoms with E-state index in [1.54, 1.807) is 39.1 Å². The fourth-order valence-electron chi connectivity index (χ4n) is 4.16. The van der Waals surface area contributed by atoms with Crippen molar-refractivity contribution in [1.29, 1.82) is 0 Å². The van der Waals surface area contributed by atoms with Crippen molar-refractivity contribution in [3.8, 4) is 11.5 Å². The summed E-state index contributed by atoms with van der Waals surface area (Å²) in [6.07, 6.45) is -0.387. The van der Waals surface area contributed by atoms with Crippen LogP contribution in [0.4, 0.5) is 5.69 Å². The molecule has 0 saturated carbocycles. The Balaban J connectivity index is 1.55. The molecular weight excluding hydrogens is 480 g/mol. The first-order valence-electron chi connectivity index (χ1n) is 11.9. The number of aromatic nitrogens is 2. The monoisotopic (exact) mass is 512 g/mol. The van der Waals surface area contributed by atoms with E-state index in [0.29, 0.717) is 28.6 Å². The molecule has 1 aromatic heterocycles. The van der Waals surface area contributed by atoms with Gasteiger partial charge in [-0.1, -0.05) is 38.1 Å². The molecule has 0 saturated heterocycles. The average molecular weight is 513 g/mol. The molecule has 3 aromatic rings. The Morgan fingerprint density at radius 1 is 1.14 bits per heavy atom. The number of para-hydroxylation sites is 2. The number of hydrogen-bond donors (Lipinski definition) is 1. The molecule has 0 aliphatic carbocycles. The second-order valence-electron chi connectivity index (χ2n) is 9.18. The number of benzene rings is 2. The maximum atomic E-state index is 13.8. The molecule has 0 bridgehead atoms. The fourth-order valence-corrected chi connectivity index (χ4v) is 5.98. The van der Waals surface area contributed by atoms with Crippen LogP contribution in [0.1, 0.15) is 36.7 Å². The van der Waals surface area contributed by atoms with Crippen LogP contribution in [-0.4, -0.2) is 49.9 Å². The number of hydrogen-bond acceptors (Lipinski definition) is 6. The van der Waals surface area contributed by atoms with E-state index in [-0.39, 0.29) is 36.6 Å². The number of anilines is 1. The van der Waals surface area contributed by atoms with Gasteiger partial charge in [0, 0.05) is 7.05 Å². The van der Waals surface area contributed by atoms with Crippen LogP contribution in [0.2, 0.25) is 0 Å². The number of carbonyl (C=O) groups is 1. The topological polar surface area (TPSA) is 103 Å². The van der Waals surface area contributed by atoms with E-state index in [1.165, 1.54) is 4.68 Å². The molecule has 1 aliphatic rings. The van der Waals surface area contributed by atoms with Gasteiger partial charge in [-0.2, -0.15) is 5.10 Å². The van der Waals surface area contributed by atoms with E-state index in [2.05, 4.69) is 24.3 Å².